The molecular weight excluding hydrogens is 258 g/mol. The molecule has 0 radical (unpaired) electrons. The van der Waals surface area contributed by atoms with Crippen LogP contribution in [0.5, 0.6) is 0 Å². The van der Waals surface area contributed by atoms with E-state index < -0.39 is 0 Å². The van der Waals surface area contributed by atoms with Crippen LogP contribution < -0.4 is 0 Å². The number of ether oxygens (including phenoxy) is 2. The second-order valence-electron chi connectivity index (χ2n) is 5.57. The van der Waals surface area contributed by atoms with Gasteiger partial charge in [-0.1, -0.05) is 6.08 Å². The average Bonchev–Trinajstić information content (AvgIpc) is 3.14. The van der Waals surface area contributed by atoms with Crippen LogP contribution in [0.2, 0.25) is 0 Å². The molecule has 2 atom stereocenters. The van der Waals surface area contributed by atoms with Crippen molar-refractivity contribution in [3.63, 3.8) is 0 Å². The minimum atomic E-state index is -0.350. The summed E-state index contributed by atoms with van der Waals surface area (Å²) in [4.78, 5) is 16.7. The number of aliphatic hydroxyl groups excluding tert-OH is 1. The summed E-state index contributed by atoms with van der Waals surface area (Å²) in [5.74, 6) is 1.13. The summed E-state index contributed by atoms with van der Waals surface area (Å²) in [6.45, 7) is 1.64. The first-order valence-electron chi connectivity index (χ1n) is 6.87. The molecule has 2 aliphatic heterocycles. The van der Waals surface area contributed by atoms with Crippen LogP contribution in [0.15, 0.2) is 40.0 Å². The summed E-state index contributed by atoms with van der Waals surface area (Å²) in [5.41, 5.74) is 1.10. The highest BCUT2D eigenvalue weighted by Crippen LogP contribution is 2.44. The van der Waals surface area contributed by atoms with Crippen LogP contribution in [-0.2, 0) is 14.3 Å². The van der Waals surface area contributed by atoms with E-state index in [1.54, 1.807) is 0 Å². The lowest BCUT2D eigenvalue weighted by atomic mass is 9.80. The number of dihydropyridines is 1. The Labute approximate surface area is 116 Å². The van der Waals surface area contributed by atoms with E-state index in [4.69, 9.17) is 9.47 Å². The second kappa shape index (κ2) is 3.98. The van der Waals surface area contributed by atoms with Gasteiger partial charge in [-0.25, -0.2) is 0 Å². The van der Waals surface area contributed by atoms with E-state index in [1.807, 2.05) is 12.2 Å². The first-order valence-corrected chi connectivity index (χ1v) is 6.87. The number of hydrogen-bond acceptors (Lipinski definition) is 5. The van der Waals surface area contributed by atoms with Crippen LogP contribution in [0, 0.1) is 11.8 Å². The Morgan fingerprint density at radius 2 is 2.20 bits per heavy atom. The fraction of sp³-hybridized carbons (Fsp3) is 0.467. The molecule has 5 heteroatoms. The molecule has 0 spiro atoms. The van der Waals surface area contributed by atoms with Crippen molar-refractivity contribution < 1.29 is 19.4 Å². The molecule has 0 aromatic heterocycles. The maximum absolute atomic E-state index is 12.0. The predicted octanol–water partition coefficient (Wildman–Crippen LogP) is 2.02. The SMILES string of the molecule is CC(=O)C1=C(O)C(C2CC2)=NC2C=CC3=C(OCO3)C12. The summed E-state index contributed by atoms with van der Waals surface area (Å²) < 4.78 is 10.9. The van der Waals surface area contributed by atoms with Crippen LogP contribution in [0.3, 0.4) is 0 Å². The third-order valence-corrected chi connectivity index (χ3v) is 4.18. The summed E-state index contributed by atoms with van der Waals surface area (Å²) >= 11 is 0. The van der Waals surface area contributed by atoms with Gasteiger partial charge in [-0.2, -0.15) is 0 Å². The zero-order valence-corrected chi connectivity index (χ0v) is 11.1. The molecule has 5 nitrogen and oxygen atoms in total. The number of nitrogens with zero attached hydrogens (tertiary/aromatic N) is 1. The van der Waals surface area contributed by atoms with E-state index in [9.17, 15) is 9.90 Å². The van der Waals surface area contributed by atoms with Crippen molar-refractivity contribution in [2.75, 3.05) is 6.79 Å². The highest BCUT2D eigenvalue weighted by atomic mass is 16.7. The Hall–Kier alpha value is -2.04. The van der Waals surface area contributed by atoms with Crippen molar-refractivity contribution >= 4 is 11.5 Å². The standard InChI is InChI=1S/C15H15NO4/c1-7(17)11-12-9(4-5-10-15(12)20-6-19-10)16-13(14(11)18)8-2-3-8/h4-5,8-9,12,18H,2-3,6H2,1H3. The lowest BCUT2D eigenvalue weighted by molar-refractivity contribution is -0.114. The van der Waals surface area contributed by atoms with Gasteiger partial charge in [0.15, 0.2) is 17.3 Å². The van der Waals surface area contributed by atoms with E-state index in [0.29, 0.717) is 28.7 Å². The van der Waals surface area contributed by atoms with Gasteiger partial charge in [0, 0.05) is 5.92 Å². The summed E-state index contributed by atoms with van der Waals surface area (Å²) in [5, 5.41) is 10.5. The number of allylic oxidation sites excluding steroid dienone is 2. The molecular formula is C15H15NO4. The number of aliphatic hydroxyl groups is 1. The number of fused-ring (bicyclic) bond motifs is 2. The molecule has 0 aromatic rings. The zero-order valence-electron chi connectivity index (χ0n) is 11.1. The zero-order chi connectivity index (χ0) is 13.9. The van der Waals surface area contributed by atoms with Gasteiger partial charge in [-0.15, -0.1) is 0 Å². The second-order valence-corrected chi connectivity index (χ2v) is 5.57. The smallest absolute Gasteiger partial charge is 0.230 e. The first-order chi connectivity index (χ1) is 9.66. The van der Waals surface area contributed by atoms with Crippen molar-refractivity contribution in [1.82, 2.24) is 0 Å². The molecule has 20 heavy (non-hydrogen) atoms. The van der Waals surface area contributed by atoms with Crippen LogP contribution in [-0.4, -0.2) is 29.4 Å². The van der Waals surface area contributed by atoms with Crippen LogP contribution in [0.4, 0.5) is 0 Å². The molecule has 1 saturated carbocycles. The van der Waals surface area contributed by atoms with Crippen molar-refractivity contribution in [3.05, 3.63) is 35.0 Å². The Bertz CT molecular complexity index is 622. The number of hydrogen-bond donors (Lipinski definition) is 1. The minimum absolute atomic E-state index is 0.0545. The van der Waals surface area contributed by atoms with Crippen molar-refractivity contribution in [2.45, 2.75) is 25.8 Å². The summed E-state index contributed by atoms with van der Waals surface area (Å²) in [7, 11) is 0. The number of aliphatic imine (C=N–C) groups is 1. The molecule has 4 aliphatic rings. The fourth-order valence-corrected chi connectivity index (χ4v) is 3.09. The fourth-order valence-electron chi connectivity index (χ4n) is 3.09. The van der Waals surface area contributed by atoms with E-state index >= 15 is 0 Å². The van der Waals surface area contributed by atoms with Gasteiger partial charge in [0.1, 0.15) is 5.76 Å². The third-order valence-electron chi connectivity index (χ3n) is 4.18. The maximum Gasteiger partial charge on any atom is 0.230 e. The van der Waals surface area contributed by atoms with Gasteiger partial charge in [0.05, 0.1) is 23.2 Å². The summed E-state index contributed by atoms with van der Waals surface area (Å²) in [6, 6.07) is -0.180. The largest absolute Gasteiger partial charge is 0.506 e. The van der Waals surface area contributed by atoms with E-state index in [1.165, 1.54) is 6.92 Å². The highest BCUT2D eigenvalue weighted by molar-refractivity contribution is 6.10. The lowest BCUT2D eigenvalue weighted by Gasteiger charge is -2.31. The monoisotopic (exact) mass is 273 g/mol. The normalized spacial score (nSPS) is 31.4. The first kappa shape index (κ1) is 11.8. The van der Waals surface area contributed by atoms with Crippen molar-refractivity contribution in [2.24, 2.45) is 16.8 Å². The van der Waals surface area contributed by atoms with Gasteiger partial charge in [-0.05, 0) is 25.8 Å². The quantitative estimate of drug-likeness (QED) is 0.835. The van der Waals surface area contributed by atoms with Crippen molar-refractivity contribution in [3.8, 4) is 0 Å². The molecule has 0 saturated heterocycles. The van der Waals surface area contributed by atoms with Gasteiger partial charge in [0.2, 0.25) is 6.79 Å². The third kappa shape index (κ3) is 1.55. The number of carbonyl (C=O) groups excluding carboxylic acids is 1. The molecule has 2 aliphatic carbocycles. The van der Waals surface area contributed by atoms with Gasteiger partial charge in [0.25, 0.3) is 0 Å². The molecule has 2 unspecified atom stereocenters. The highest BCUT2D eigenvalue weighted by Gasteiger charge is 2.45. The predicted molar refractivity (Wildman–Crippen MR) is 71.0 cm³/mol. The van der Waals surface area contributed by atoms with Crippen LogP contribution in [0.25, 0.3) is 0 Å². The van der Waals surface area contributed by atoms with E-state index in [2.05, 4.69) is 4.99 Å². The topological polar surface area (TPSA) is 68.1 Å². The molecule has 104 valence electrons. The van der Waals surface area contributed by atoms with Gasteiger partial charge >= 0.3 is 0 Å². The Morgan fingerprint density at radius 1 is 1.40 bits per heavy atom. The lowest BCUT2D eigenvalue weighted by Crippen LogP contribution is -2.34. The number of carbonyl (C=O) groups is 1. The molecule has 0 aromatic carbocycles. The number of rotatable bonds is 2. The van der Waals surface area contributed by atoms with E-state index in [0.717, 1.165) is 12.8 Å². The van der Waals surface area contributed by atoms with E-state index in [-0.39, 0.29) is 30.3 Å². The van der Waals surface area contributed by atoms with Crippen molar-refractivity contribution in [1.29, 1.82) is 0 Å². The van der Waals surface area contributed by atoms with Crippen LogP contribution in [0.1, 0.15) is 19.8 Å². The Morgan fingerprint density at radius 3 is 2.90 bits per heavy atom. The van der Waals surface area contributed by atoms with Gasteiger partial charge in [-0.3, -0.25) is 9.79 Å². The molecule has 2 heterocycles. The molecule has 1 fully saturated rings. The Balaban J connectivity index is 1.85. The molecule has 4 rings (SSSR count). The maximum atomic E-state index is 12.0. The van der Waals surface area contributed by atoms with Gasteiger partial charge < -0.3 is 14.6 Å². The number of ketones is 1. The minimum Gasteiger partial charge on any atom is -0.506 e. The average molecular weight is 273 g/mol. The Kier molecular flexibility index (Phi) is 2.34. The molecule has 0 bridgehead atoms. The number of Topliss-reactive ketones (excluding diaryl/α,β-unsaturated/α-hetero) is 1. The molecule has 0 amide bonds. The summed E-state index contributed by atoms with van der Waals surface area (Å²) in [6.07, 6.45) is 5.83. The molecule has 1 N–H and O–H groups in total. The van der Waals surface area contributed by atoms with Crippen LogP contribution >= 0.6 is 0 Å².